The Morgan fingerprint density at radius 1 is 1.03 bits per heavy atom. The summed E-state index contributed by atoms with van der Waals surface area (Å²) in [5.41, 5.74) is 4.23. The fourth-order valence-electron chi connectivity index (χ4n) is 5.45. The Balaban J connectivity index is 1.18. The summed E-state index contributed by atoms with van der Waals surface area (Å²) in [5.74, 6) is -8.51. The van der Waals surface area contributed by atoms with E-state index in [9.17, 15) is 28.3 Å². The van der Waals surface area contributed by atoms with Crippen LogP contribution in [0, 0.1) is 11.8 Å². The molecule has 0 aromatic heterocycles. The summed E-state index contributed by atoms with van der Waals surface area (Å²) in [6.07, 6.45) is 0.634. The number of likely N-dealkylation sites (tertiary alicyclic amines) is 1. The van der Waals surface area contributed by atoms with Gasteiger partial charge in [-0.3, -0.25) is 4.79 Å². The van der Waals surface area contributed by atoms with Crippen molar-refractivity contribution in [3.63, 3.8) is 0 Å². The topological polar surface area (TPSA) is 95.9 Å². The summed E-state index contributed by atoms with van der Waals surface area (Å²) in [4.78, 5) is 37.6. The van der Waals surface area contributed by atoms with Gasteiger partial charge in [-0.15, -0.1) is 0 Å². The van der Waals surface area contributed by atoms with Crippen molar-refractivity contribution in [2.75, 3.05) is 19.7 Å². The molecule has 1 saturated heterocycles. The zero-order chi connectivity index (χ0) is 24.7. The number of alkyl halides is 2. The van der Waals surface area contributed by atoms with Crippen molar-refractivity contribution in [2.45, 2.75) is 37.1 Å². The van der Waals surface area contributed by atoms with E-state index in [1.807, 2.05) is 48.5 Å². The maximum atomic E-state index is 14.4. The quantitative estimate of drug-likeness (QED) is 0.649. The summed E-state index contributed by atoms with van der Waals surface area (Å²) < 4.78 is 34.2. The van der Waals surface area contributed by atoms with Gasteiger partial charge < -0.3 is 20.1 Å². The number of carboxylic acid groups (broad SMARTS) is 1. The summed E-state index contributed by atoms with van der Waals surface area (Å²) in [6, 6.07) is 14.6. The Morgan fingerprint density at radius 2 is 1.66 bits per heavy atom. The largest absolute Gasteiger partial charge is 0.480 e. The number of carbonyl (C=O) groups excluding carboxylic acids is 2. The molecule has 0 bridgehead atoms. The predicted octanol–water partition coefficient (Wildman–Crippen LogP) is 3.87. The van der Waals surface area contributed by atoms with Crippen LogP contribution in [0.3, 0.4) is 0 Å². The molecule has 2 fully saturated rings. The fourth-order valence-corrected chi connectivity index (χ4v) is 5.45. The minimum absolute atomic E-state index is 0.0529. The molecular formula is C26H26F2N2O5. The number of benzene rings is 2. The van der Waals surface area contributed by atoms with E-state index in [1.54, 1.807) is 0 Å². The zero-order valence-corrected chi connectivity index (χ0v) is 19.0. The van der Waals surface area contributed by atoms with Crippen molar-refractivity contribution in [3.05, 3.63) is 59.7 Å². The summed E-state index contributed by atoms with van der Waals surface area (Å²) in [5, 5.41) is 11.7. The van der Waals surface area contributed by atoms with Gasteiger partial charge in [-0.2, -0.15) is 0 Å². The van der Waals surface area contributed by atoms with Crippen LogP contribution in [0.5, 0.6) is 0 Å². The maximum Gasteiger partial charge on any atom is 0.407 e. The first kappa shape index (κ1) is 23.3. The average molecular weight is 484 g/mol. The van der Waals surface area contributed by atoms with Crippen molar-refractivity contribution >= 4 is 18.0 Å². The third-order valence-electron chi connectivity index (χ3n) is 7.35. The van der Waals surface area contributed by atoms with Gasteiger partial charge in [0.15, 0.2) is 0 Å². The normalized spacial score (nSPS) is 24.3. The van der Waals surface area contributed by atoms with Gasteiger partial charge in [-0.05, 0) is 41.5 Å². The second-order valence-corrected chi connectivity index (χ2v) is 9.35. The monoisotopic (exact) mass is 484 g/mol. The van der Waals surface area contributed by atoms with E-state index < -0.39 is 48.3 Å². The maximum absolute atomic E-state index is 14.4. The molecule has 0 spiro atoms. The Hall–Kier alpha value is -3.49. The van der Waals surface area contributed by atoms with Crippen molar-refractivity contribution in [1.82, 2.24) is 10.2 Å². The van der Waals surface area contributed by atoms with Crippen LogP contribution in [-0.2, 0) is 14.3 Å². The highest BCUT2D eigenvalue weighted by molar-refractivity contribution is 5.88. The van der Waals surface area contributed by atoms with Crippen molar-refractivity contribution < 1.29 is 33.0 Å². The summed E-state index contributed by atoms with van der Waals surface area (Å²) in [6.45, 7) is -0.224. The number of fused-ring (bicyclic) bond motifs is 3. The van der Waals surface area contributed by atoms with E-state index in [-0.39, 0.29) is 25.5 Å². The second-order valence-electron chi connectivity index (χ2n) is 9.35. The number of amides is 2. The lowest BCUT2D eigenvalue weighted by Crippen LogP contribution is -2.49. The second kappa shape index (κ2) is 8.94. The van der Waals surface area contributed by atoms with Gasteiger partial charge in [0.25, 0.3) is 5.92 Å². The average Bonchev–Trinajstić information content (AvgIpc) is 3.26. The molecule has 2 aromatic rings. The molecule has 9 heteroatoms. The van der Waals surface area contributed by atoms with E-state index in [2.05, 4.69) is 5.32 Å². The van der Waals surface area contributed by atoms with Gasteiger partial charge >= 0.3 is 12.1 Å². The van der Waals surface area contributed by atoms with Gasteiger partial charge in [0.1, 0.15) is 18.6 Å². The standard InChI is InChI=1S/C26H26F2N2O5/c27-26(28)20(22(26)23(31)30-12-6-5-11-21(30)24(32)33)13-29-25(34)35-14-19-17-9-3-1-7-15(17)16-8-2-4-10-18(16)19/h1-4,7-10,19-22H,5-6,11-14H2,(H,29,34)(H,32,33)/t20-,21?,22-/m0/s1. The molecule has 3 atom stereocenters. The van der Waals surface area contributed by atoms with Gasteiger partial charge in [-0.1, -0.05) is 48.5 Å². The Kier molecular flexibility index (Phi) is 5.94. The lowest BCUT2D eigenvalue weighted by molar-refractivity contribution is -0.153. The van der Waals surface area contributed by atoms with Crippen LogP contribution in [0.25, 0.3) is 11.1 Å². The molecule has 3 aliphatic rings. The molecule has 7 nitrogen and oxygen atoms in total. The molecule has 0 radical (unpaired) electrons. The minimum Gasteiger partial charge on any atom is -0.480 e. The van der Waals surface area contributed by atoms with E-state index in [1.165, 1.54) is 0 Å². The van der Waals surface area contributed by atoms with E-state index in [0.29, 0.717) is 12.8 Å². The van der Waals surface area contributed by atoms with Crippen LogP contribution in [0.4, 0.5) is 13.6 Å². The number of alkyl carbamates (subject to hydrolysis) is 1. The van der Waals surface area contributed by atoms with Gasteiger partial charge in [0.05, 0.1) is 5.92 Å². The molecule has 2 aliphatic carbocycles. The highest BCUT2D eigenvalue weighted by atomic mass is 19.3. The summed E-state index contributed by atoms with van der Waals surface area (Å²) >= 11 is 0. The third kappa shape index (κ3) is 4.13. The fraction of sp³-hybridized carbons (Fsp3) is 0.423. The minimum atomic E-state index is -3.30. The molecule has 2 aromatic carbocycles. The van der Waals surface area contributed by atoms with Crippen molar-refractivity contribution in [1.29, 1.82) is 0 Å². The van der Waals surface area contributed by atoms with Crippen LogP contribution < -0.4 is 5.32 Å². The predicted molar refractivity (Wildman–Crippen MR) is 122 cm³/mol. The van der Waals surface area contributed by atoms with Crippen LogP contribution in [-0.4, -0.2) is 59.6 Å². The molecule has 1 saturated carbocycles. The number of hydrogen-bond donors (Lipinski definition) is 2. The van der Waals surface area contributed by atoms with Gasteiger partial charge in [0.2, 0.25) is 5.91 Å². The number of nitrogens with zero attached hydrogens (tertiary/aromatic N) is 1. The first-order valence-electron chi connectivity index (χ1n) is 11.8. The number of piperidine rings is 1. The number of hydrogen-bond acceptors (Lipinski definition) is 4. The molecular weight excluding hydrogens is 458 g/mol. The van der Waals surface area contributed by atoms with E-state index >= 15 is 0 Å². The number of ether oxygens (including phenoxy) is 1. The van der Waals surface area contributed by atoms with Crippen LogP contribution in [0.2, 0.25) is 0 Å². The molecule has 1 aliphatic heterocycles. The van der Waals surface area contributed by atoms with Crippen LogP contribution >= 0.6 is 0 Å². The van der Waals surface area contributed by atoms with Crippen LogP contribution in [0.1, 0.15) is 36.3 Å². The zero-order valence-electron chi connectivity index (χ0n) is 19.0. The van der Waals surface area contributed by atoms with Gasteiger partial charge in [-0.25, -0.2) is 18.4 Å². The number of carbonyl (C=O) groups is 3. The molecule has 1 unspecified atom stereocenters. The smallest absolute Gasteiger partial charge is 0.407 e. The molecule has 1 heterocycles. The Bertz CT molecular complexity index is 1120. The molecule has 5 rings (SSSR count). The first-order chi connectivity index (χ1) is 16.8. The highest BCUT2D eigenvalue weighted by Crippen LogP contribution is 2.56. The number of nitrogens with one attached hydrogen (secondary N) is 1. The lowest BCUT2D eigenvalue weighted by atomic mass is 9.98. The van der Waals surface area contributed by atoms with Gasteiger partial charge in [0, 0.05) is 19.0 Å². The highest BCUT2D eigenvalue weighted by Gasteiger charge is 2.72. The molecule has 35 heavy (non-hydrogen) atoms. The SMILES string of the molecule is O=C(NC[C@H]1[C@@H](C(=O)N2CCCCC2C(=O)O)C1(F)F)OCC1c2ccccc2-c2ccccc21. The number of rotatable bonds is 6. The molecule has 184 valence electrons. The lowest BCUT2D eigenvalue weighted by Gasteiger charge is -2.33. The van der Waals surface area contributed by atoms with E-state index in [0.717, 1.165) is 27.2 Å². The third-order valence-corrected chi connectivity index (χ3v) is 7.35. The van der Waals surface area contributed by atoms with Crippen molar-refractivity contribution in [3.8, 4) is 11.1 Å². The van der Waals surface area contributed by atoms with Crippen LogP contribution in [0.15, 0.2) is 48.5 Å². The first-order valence-corrected chi connectivity index (χ1v) is 11.8. The number of halogens is 2. The number of aliphatic carboxylic acids is 1. The van der Waals surface area contributed by atoms with E-state index in [4.69, 9.17) is 4.74 Å². The Labute approximate surface area is 201 Å². The molecule has 2 N–H and O–H groups in total. The Morgan fingerprint density at radius 3 is 2.29 bits per heavy atom. The number of carboxylic acids is 1. The van der Waals surface area contributed by atoms with Crippen molar-refractivity contribution in [2.24, 2.45) is 11.8 Å². The summed E-state index contributed by atoms with van der Waals surface area (Å²) in [7, 11) is 0. The molecule has 2 amide bonds.